The molecule has 21 heavy (non-hydrogen) atoms. The van der Waals surface area contributed by atoms with E-state index in [-0.39, 0.29) is 16.9 Å². The Morgan fingerprint density at radius 3 is 2.33 bits per heavy atom. The van der Waals surface area contributed by atoms with E-state index in [0.29, 0.717) is 5.56 Å². The molecule has 2 rings (SSSR count). The molecule has 0 saturated carbocycles. The van der Waals surface area contributed by atoms with E-state index < -0.39 is 18.0 Å². The van der Waals surface area contributed by atoms with Crippen LogP contribution in [0.1, 0.15) is 39.3 Å². The van der Waals surface area contributed by atoms with E-state index in [0.717, 1.165) is 0 Å². The number of aromatic hydroxyl groups is 1. The molecule has 0 heterocycles. The van der Waals surface area contributed by atoms with Crippen molar-refractivity contribution >= 4 is 11.9 Å². The van der Waals surface area contributed by atoms with E-state index in [4.69, 9.17) is 9.84 Å². The van der Waals surface area contributed by atoms with Gasteiger partial charge >= 0.3 is 11.9 Å². The average molecular weight is 286 g/mol. The molecule has 0 aliphatic carbocycles. The maximum atomic E-state index is 12.1. The minimum Gasteiger partial charge on any atom is -0.508 e. The summed E-state index contributed by atoms with van der Waals surface area (Å²) in [5.74, 6) is -1.84. The Morgan fingerprint density at radius 2 is 1.71 bits per heavy atom. The van der Waals surface area contributed by atoms with E-state index >= 15 is 0 Å². The van der Waals surface area contributed by atoms with Gasteiger partial charge in [-0.05, 0) is 36.8 Å². The van der Waals surface area contributed by atoms with Crippen LogP contribution in [-0.4, -0.2) is 22.2 Å². The predicted octanol–water partition coefficient (Wildman–Crippen LogP) is 3.01. The van der Waals surface area contributed by atoms with Gasteiger partial charge in [-0.3, -0.25) is 0 Å². The van der Waals surface area contributed by atoms with Gasteiger partial charge in [0.1, 0.15) is 11.9 Å². The topological polar surface area (TPSA) is 83.8 Å². The van der Waals surface area contributed by atoms with Crippen molar-refractivity contribution in [3.8, 4) is 5.75 Å². The monoisotopic (exact) mass is 286 g/mol. The summed E-state index contributed by atoms with van der Waals surface area (Å²) in [6.07, 6.45) is -0.605. The first-order valence-corrected chi connectivity index (χ1v) is 6.31. The van der Waals surface area contributed by atoms with E-state index in [9.17, 15) is 14.7 Å². The minimum atomic E-state index is -1.19. The minimum absolute atomic E-state index is 0.00277. The summed E-state index contributed by atoms with van der Waals surface area (Å²) < 4.78 is 5.25. The van der Waals surface area contributed by atoms with Crippen molar-refractivity contribution in [2.45, 2.75) is 13.0 Å². The van der Waals surface area contributed by atoms with Crippen molar-refractivity contribution in [2.75, 3.05) is 0 Å². The molecule has 108 valence electrons. The first-order chi connectivity index (χ1) is 9.99. The number of rotatable bonds is 4. The maximum absolute atomic E-state index is 12.1. The smallest absolute Gasteiger partial charge is 0.339 e. The number of hydrogen-bond donors (Lipinski definition) is 2. The SMILES string of the molecule is CC(OC(=O)c1ccccc1C(=O)O)c1cccc(O)c1. The van der Waals surface area contributed by atoms with Gasteiger partial charge in [0.25, 0.3) is 0 Å². The number of esters is 1. The summed E-state index contributed by atoms with van der Waals surface area (Å²) >= 11 is 0. The van der Waals surface area contributed by atoms with Crippen molar-refractivity contribution in [3.63, 3.8) is 0 Å². The fraction of sp³-hybridized carbons (Fsp3) is 0.125. The third-order valence-electron chi connectivity index (χ3n) is 3.00. The molecule has 0 bridgehead atoms. The lowest BCUT2D eigenvalue weighted by Gasteiger charge is -2.14. The molecule has 0 amide bonds. The van der Waals surface area contributed by atoms with Crippen molar-refractivity contribution in [1.82, 2.24) is 0 Å². The van der Waals surface area contributed by atoms with Gasteiger partial charge in [0.05, 0.1) is 11.1 Å². The maximum Gasteiger partial charge on any atom is 0.339 e. The van der Waals surface area contributed by atoms with Gasteiger partial charge in [-0.1, -0.05) is 24.3 Å². The highest BCUT2D eigenvalue weighted by atomic mass is 16.5. The summed E-state index contributed by atoms with van der Waals surface area (Å²) in [4.78, 5) is 23.2. The number of carbonyl (C=O) groups is 2. The van der Waals surface area contributed by atoms with Gasteiger partial charge in [0.2, 0.25) is 0 Å². The molecule has 0 spiro atoms. The van der Waals surface area contributed by atoms with Crippen LogP contribution in [0.4, 0.5) is 0 Å². The molecule has 2 aromatic rings. The molecule has 5 nitrogen and oxygen atoms in total. The lowest BCUT2D eigenvalue weighted by molar-refractivity contribution is 0.0331. The second-order valence-electron chi connectivity index (χ2n) is 4.49. The third kappa shape index (κ3) is 3.39. The van der Waals surface area contributed by atoms with Crippen molar-refractivity contribution in [2.24, 2.45) is 0 Å². The largest absolute Gasteiger partial charge is 0.508 e. The Kier molecular flexibility index (Phi) is 4.23. The lowest BCUT2D eigenvalue weighted by atomic mass is 10.1. The van der Waals surface area contributed by atoms with Gasteiger partial charge in [-0.25, -0.2) is 9.59 Å². The van der Waals surface area contributed by atoms with Crippen LogP contribution in [0.5, 0.6) is 5.75 Å². The standard InChI is InChI=1S/C16H14O5/c1-10(11-5-4-6-12(17)9-11)21-16(20)14-8-3-2-7-13(14)15(18)19/h2-10,17H,1H3,(H,18,19). The summed E-state index contributed by atoms with van der Waals surface area (Å²) in [7, 11) is 0. The molecule has 0 aromatic heterocycles. The fourth-order valence-electron chi connectivity index (χ4n) is 1.92. The number of aromatic carboxylic acids is 1. The molecule has 0 saturated heterocycles. The molecule has 5 heteroatoms. The Bertz CT molecular complexity index is 678. The summed E-state index contributed by atoms with van der Waals surface area (Å²) in [6, 6.07) is 12.2. The van der Waals surface area contributed by atoms with Crippen LogP contribution >= 0.6 is 0 Å². The number of benzene rings is 2. The van der Waals surface area contributed by atoms with Crippen LogP contribution in [-0.2, 0) is 4.74 Å². The van der Waals surface area contributed by atoms with Crippen LogP contribution in [0.15, 0.2) is 48.5 Å². The van der Waals surface area contributed by atoms with Crippen LogP contribution in [0.2, 0.25) is 0 Å². The molecule has 0 radical (unpaired) electrons. The number of phenols is 1. The number of ether oxygens (including phenoxy) is 1. The zero-order chi connectivity index (χ0) is 15.4. The zero-order valence-corrected chi connectivity index (χ0v) is 11.3. The summed E-state index contributed by atoms with van der Waals surface area (Å²) in [5.41, 5.74) is 0.513. The Labute approximate surface area is 121 Å². The molecule has 0 fully saturated rings. The van der Waals surface area contributed by atoms with Crippen molar-refractivity contribution in [3.05, 3.63) is 65.2 Å². The Balaban J connectivity index is 2.20. The highest BCUT2D eigenvalue weighted by Gasteiger charge is 2.19. The predicted molar refractivity (Wildman–Crippen MR) is 75.3 cm³/mol. The van der Waals surface area contributed by atoms with Gasteiger partial charge < -0.3 is 14.9 Å². The quantitative estimate of drug-likeness (QED) is 0.844. The summed E-state index contributed by atoms with van der Waals surface area (Å²) in [5, 5.41) is 18.5. The number of carboxylic acids is 1. The number of hydrogen-bond acceptors (Lipinski definition) is 4. The van der Waals surface area contributed by atoms with Crippen LogP contribution in [0.3, 0.4) is 0 Å². The van der Waals surface area contributed by atoms with Gasteiger partial charge in [-0.2, -0.15) is 0 Å². The van der Waals surface area contributed by atoms with Crippen molar-refractivity contribution < 1.29 is 24.5 Å². The highest BCUT2D eigenvalue weighted by molar-refractivity contribution is 6.02. The first kappa shape index (κ1) is 14.6. The second-order valence-corrected chi connectivity index (χ2v) is 4.49. The normalized spacial score (nSPS) is 11.7. The molecular formula is C16H14O5. The van der Waals surface area contributed by atoms with E-state index in [2.05, 4.69) is 0 Å². The summed E-state index contributed by atoms with van der Waals surface area (Å²) in [6.45, 7) is 1.65. The highest BCUT2D eigenvalue weighted by Crippen LogP contribution is 2.22. The fourth-order valence-corrected chi connectivity index (χ4v) is 1.92. The number of carbonyl (C=O) groups excluding carboxylic acids is 1. The number of carboxylic acid groups (broad SMARTS) is 1. The van der Waals surface area contributed by atoms with E-state index in [1.54, 1.807) is 31.2 Å². The van der Waals surface area contributed by atoms with Gasteiger partial charge in [0.15, 0.2) is 0 Å². The second kappa shape index (κ2) is 6.09. The molecule has 1 atom stereocenters. The Hall–Kier alpha value is -2.82. The molecule has 2 N–H and O–H groups in total. The number of phenolic OH excluding ortho intramolecular Hbond substituents is 1. The Morgan fingerprint density at radius 1 is 1.05 bits per heavy atom. The van der Waals surface area contributed by atoms with Crippen molar-refractivity contribution in [1.29, 1.82) is 0 Å². The van der Waals surface area contributed by atoms with Crippen LogP contribution < -0.4 is 0 Å². The zero-order valence-electron chi connectivity index (χ0n) is 11.3. The van der Waals surface area contributed by atoms with Crippen LogP contribution in [0.25, 0.3) is 0 Å². The molecular weight excluding hydrogens is 272 g/mol. The average Bonchev–Trinajstić information content (AvgIpc) is 2.47. The third-order valence-corrected chi connectivity index (χ3v) is 3.00. The lowest BCUT2D eigenvalue weighted by Crippen LogP contribution is -2.13. The molecule has 0 aliphatic rings. The molecule has 0 aliphatic heterocycles. The first-order valence-electron chi connectivity index (χ1n) is 6.31. The van der Waals surface area contributed by atoms with Gasteiger partial charge in [-0.15, -0.1) is 0 Å². The van der Waals surface area contributed by atoms with E-state index in [1.165, 1.54) is 24.3 Å². The van der Waals surface area contributed by atoms with Gasteiger partial charge in [0, 0.05) is 0 Å². The molecule has 2 aromatic carbocycles. The van der Waals surface area contributed by atoms with Crippen LogP contribution in [0, 0.1) is 0 Å². The van der Waals surface area contributed by atoms with E-state index in [1.807, 2.05) is 0 Å². The molecule has 1 unspecified atom stereocenters.